The SMILES string of the molecule is CC(C)(C)OC(=O)CN1CCN(c2ccc(Nc3ncc(C#N)c(NC4CCC4)n3)c(NC(=O)OC(C)(C)C)c2)CC1. The number of ether oxygens (including phenoxy) is 2. The summed E-state index contributed by atoms with van der Waals surface area (Å²) in [6.07, 6.45) is 4.14. The van der Waals surface area contributed by atoms with Crippen LogP contribution in [-0.2, 0) is 14.3 Å². The molecule has 2 aromatic rings. The molecule has 0 bridgehead atoms. The molecule has 1 amide bonds. The van der Waals surface area contributed by atoms with Crippen molar-refractivity contribution in [1.29, 1.82) is 5.26 Å². The van der Waals surface area contributed by atoms with Gasteiger partial charge in [0.15, 0.2) is 0 Å². The molecule has 0 atom stereocenters. The predicted octanol–water partition coefficient (Wildman–Crippen LogP) is 4.87. The van der Waals surface area contributed by atoms with Gasteiger partial charge in [-0.25, -0.2) is 9.78 Å². The van der Waals surface area contributed by atoms with Crippen LogP contribution >= 0.6 is 0 Å². The molecular formula is C30H42N8O4. The van der Waals surface area contributed by atoms with Crippen LogP contribution in [0.2, 0.25) is 0 Å². The Balaban J connectivity index is 1.50. The second-order valence-corrected chi connectivity index (χ2v) is 12.7. The van der Waals surface area contributed by atoms with Gasteiger partial charge >= 0.3 is 12.1 Å². The molecule has 1 aliphatic carbocycles. The second kappa shape index (κ2) is 12.8. The van der Waals surface area contributed by atoms with E-state index in [9.17, 15) is 14.9 Å². The number of amides is 1. The first-order chi connectivity index (χ1) is 19.8. The maximum Gasteiger partial charge on any atom is 0.412 e. The maximum atomic E-state index is 12.8. The van der Waals surface area contributed by atoms with E-state index in [0.717, 1.165) is 24.9 Å². The highest BCUT2D eigenvalue weighted by atomic mass is 16.6. The molecule has 1 aliphatic heterocycles. The van der Waals surface area contributed by atoms with Gasteiger partial charge < -0.3 is 25.0 Å². The Kier molecular flexibility index (Phi) is 9.41. The number of carbonyl (C=O) groups is 2. The van der Waals surface area contributed by atoms with Crippen LogP contribution in [0.4, 0.5) is 33.6 Å². The van der Waals surface area contributed by atoms with Crippen molar-refractivity contribution in [2.45, 2.75) is 78.0 Å². The van der Waals surface area contributed by atoms with Gasteiger partial charge in [0.1, 0.15) is 28.7 Å². The van der Waals surface area contributed by atoms with Crippen molar-refractivity contribution in [3.8, 4) is 6.07 Å². The van der Waals surface area contributed by atoms with E-state index in [2.05, 4.69) is 41.8 Å². The Morgan fingerprint density at radius 3 is 2.31 bits per heavy atom. The number of esters is 1. The third-order valence-electron chi connectivity index (χ3n) is 6.75. The van der Waals surface area contributed by atoms with Crippen molar-refractivity contribution < 1.29 is 19.1 Å². The normalized spacial score (nSPS) is 16.2. The van der Waals surface area contributed by atoms with Gasteiger partial charge in [-0.15, -0.1) is 0 Å². The first-order valence-electron chi connectivity index (χ1n) is 14.4. The minimum atomic E-state index is -0.669. The van der Waals surface area contributed by atoms with Crippen molar-refractivity contribution in [1.82, 2.24) is 14.9 Å². The number of hydrogen-bond donors (Lipinski definition) is 3. The number of aromatic nitrogens is 2. The lowest BCUT2D eigenvalue weighted by Crippen LogP contribution is -2.48. The molecule has 12 nitrogen and oxygen atoms in total. The van der Waals surface area contributed by atoms with E-state index in [1.807, 2.05) is 39.0 Å². The molecule has 1 aromatic heterocycles. The number of piperazine rings is 1. The zero-order chi connectivity index (χ0) is 30.5. The highest BCUT2D eigenvalue weighted by Crippen LogP contribution is 2.32. The van der Waals surface area contributed by atoms with Crippen LogP contribution in [0, 0.1) is 11.3 Å². The van der Waals surface area contributed by atoms with Crippen LogP contribution in [0.1, 0.15) is 66.4 Å². The Bertz CT molecular complexity index is 1320. The summed E-state index contributed by atoms with van der Waals surface area (Å²) in [5.41, 5.74) is 1.19. The zero-order valence-corrected chi connectivity index (χ0v) is 25.4. The van der Waals surface area contributed by atoms with Crippen LogP contribution in [0.25, 0.3) is 0 Å². The topological polar surface area (TPSA) is 145 Å². The number of nitriles is 1. The molecule has 4 rings (SSSR count). The van der Waals surface area contributed by atoms with E-state index in [4.69, 9.17) is 9.47 Å². The molecule has 2 aliphatic rings. The number of hydrogen-bond acceptors (Lipinski definition) is 11. The second-order valence-electron chi connectivity index (χ2n) is 12.7. The molecule has 0 spiro atoms. The van der Waals surface area contributed by atoms with E-state index in [0.29, 0.717) is 60.9 Å². The predicted molar refractivity (Wildman–Crippen MR) is 162 cm³/mol. The molecule has 0 unspecified atom stereocenters. The molecule has 226 valence electrons. The molecule has 0 radical (unpaired) electrons. The van der Waals surface area contributed by atoms with E-state index in [1.165, 1.54) is 6.20 Å². The molecule has 1 saturated carbocycles. The van der Waals surface area contributed by atoms with E-state index in [-0.39, 0.29) is 12.5 Å². The number of benzene rings is 1. The van der Waals surface area contributed by atoms with E-state index in [1.54, 1.807) is 20.8 Å². The minimum absolute atomic E-state index is 0.230. The smallest absolute Gasteiger partial charge is 0.412 e. The van der Waals surface area contributed by atoms with Crippen LogP contribution in [0.15, 0.2) is 24.4 Å². The lowest BCUT2D eigenvalue weighted by Gasteiger charge is -2.36. The van der Waals surface area contributed by atoms with Gasteiger partial charge in [0.25, 0.3) is 0 Å². The fraction of sp³-hybridized carbons (Fsp3) is 0.567. The van der Waals surface area contributed by atoms with E-state index < -0.39 is 17.3 Å². The van der Waals surface area contributed by atoms with Gasteiger partial charge in [0, 0.05) is 37.9 Å². The summed E-state index contributed by atoms with van der Waals surface area (Å²) in [7, 11) is 0. The Labute approximate surface area is 247 Å². The Morgan fingerprint density at radius 2 is 1.71 bits per heavy atom. The van der Waals surface area contributed by atoms with Gasteiger partial charge in [-0.05, 0) is 79.0 Å². The summed E-state index contributed by atoms with van der Waals surface area (Å²) in [6.45, 7) is 14.1. The lowest BCUT2D eigenvalue weighted by molar-refractivity contribution is -0.156. The van der Waals surface area contributed by atoms with Crippen LogP contribution < -0.4 is 20.9 Å². The molecule has 12 heteroatoms. The molecular weight excluding hydrogens is 536 g/mol. The third kappa shape index (κ3) is 8.94. The van der Waals surface area contributed by atoms with Crippen molar-refractivity contribution >= 4 is 40.9 Å². The fourth-order valence-corrected chi connectivity index (χ4v) is 4.58. The molecule has 2 heterocycles. The summed E-state index contributed by atoms with van der Waals surface area (Å²) < 4.78 is 11.0. The average molecular weight is 579 g/mol. The monoisotopic (exact) mass is 578 g/mol. The van der Waals surface area contributed by atoms with Gasteiger partial charge in [0.2, 0.25) is 5.95 Å². The standard InChI is InChI=1S/C30H42N8O4/c1-29(2,3)41-25(39)19-37-12-14-38(15-13-37)22-10-11-23(24(16-22)35-28(40)42-30(4,5)6)34-27-32-18-20(17-31)26(36-27)33-21-8-7-9-21/h10-11,16,18,21H,7-9,12-15,19H2,1-6H3,(H,35,40)(H2,32,33,34,36). The quantitative estimate of drug-likeness (QED) is 0.369. The zero-order valence-electron chi connectivity index (χ0n) is 25.4. The van der Waals surface area contributed by atoms with Crippen molar-refractivity contribution in [3.63, 3.8) is 0 Å². The van der Waals surface area contributed by atoms with Crippen LogP contribution in [0.5, 0.6) is 0 Å². The minimum Gasteiger partial charge on any atom is -0.459 e. The van der Waals surface area contributed by atoms with Gasteiger partial charge in [-0.2, -0.15) is 10.2 Å². The summed E-state index contributed by atoms with van der Waals surface area (Å²) >= 11 is 0. The molecule has 3 N–H and O–H groups in total. The maximum absolute atomic E-state index is 12.8. The molecule has 42 heavy (non-hydrogen) atoms. The largest absolute Gasteiger partial charge is 0.459 e. The number of anilines is 5. The summed E-state index contributed by atoms with van der Waals surface area (Å²) in [5.74, 6) is 0.556. The van der Waals surface area contributed by atoms with Gasteiger partial charge in [-0.1, -0.05) is 0 Å². The molecule has 1 aromatic carbocycles. The highest BCUT2D eigenvalue weighted by molar-refractivity contribution is 5.92. The van der Waals surface area contributed by atoms with E-state index >= 15 is 0 Å². The number of carbonyl (C=O) groups excluding carboxylic acids is 2. The van der Waals surface area contributed by atoms with Crippen molar-refractivity contribution in [2.24, 2.45) is 0 Å². The number of nitrogens with one attached hydrogen (secondary N) is 3. The number of rotatable bonds is 8. The molecule has 2 fully saturated rings. The third-order valence-corrected chi connectivity index (χ3v) is 6.75. The number of nitrogens with zero attached hydrogens (tertiary/aromatic N) is 5. The summed E-state index contributed by atoms with van der Waals surface area (Å²) in [4.78, 5) is 38.2. The first-order valence-corrected chi connectivity index (χ1v) is 14.4. The average Bonchev–Trinajstić information content (AvgIpc) is 2.85. The summed E-state index contributed by atoms with van der Waals surface area (Å²) in [6, 6.07) is 8.14. The highest BCUT2D eigenvalue weighted by Gasteiger charge is 2.24. The fourth-order valence-electron chi connectivity index (χ4n) is 4.58. The Hall–Kier alpha value is -4.11. The summed E-state index contributed by atoms with van der Waals surface area (Å²) in [5, 5.41) is 18.9. The van der Waals surface area contributed by atoms with Gasteiger partial charge in [0.05, 0.1) is 24.1 Å². The van der Waals surface area contributed by atoms with Crippen LogP contribution in [0.3, 0.4) is 0 Å². The van der Waals surface area contributed by atoms with Crippen molar-refractivity contribution in [3.05, 3.63) is 30.0 Å². The first kappa shape index (κ1) is 30.8. The van der Waals surface area contributed by atoms with Crippen LogP contribution in [-0.4, -0.2) is 76.9 Å². The van der Waals surface area contributed by atoms with Gasteiger partial charge in [-0.3, -0.25) is 15.0 Å². The lowest BCUT2D eigenvalue weighted by atomic mass is 9.93. The Morgan fingerprint density at radius 1 is 1.02 bits per heavy atom. The molecule has 1 saturated heterocycles. The van der Waals surface area contributed by atoms with Crippen molar-refractivity contribution in [2.75, 3.05) is 53.6 Å².